The zero-order valence-electron chi connectivity index (χ0n) is 9.73. The maximum absolute atomic E-state index is 13.2. The molecule has 2 aromatic heterocycles. The van der Waals surface area contributed by atoms with Crippen LogP contribution < -0.4 is 5.73 Å². The van der Waals surface area contributed by atoms with Gasteiger partial charge in [0.2, 0.25) is 0 Å². The van der Waals surface area contributed by atoms with Crippen molar-refractivity contribution < 1.29 is 19.3 Å². The topological polar surface area (TPSA) is 119 Å². The highest BCUT2D eigenvalue weighted by Crippen LogP contribution is 2.31. The maximum atomic E-state index is 13.2. The molecular formula is C10H11FN5O3. The SMILES string of the molecule is Nc1nc(F)nc2c1ncn2C1OC(C[O])CC1O. The molecular weight excluding hydrogens is 257 g/mol. The quantitative estimate of drug-likeness (QED) is 0.717. The number of ether oxygens (including phenoxy) is 1. The van der Waals surface area contributed by atoms with Crippen LogP contribution in [0.5, 0.6) is 0 Å². The zero-order valence-corrected chi connectivity index (χ0v) is 9.73. The van der Waals surface area contributed by atoms with E-state index >= 15 is 0 Å². The molecule has 0 spiro atoms. The summed E-state index contributed by atoms with van der Waals surface area (Å²) in [5, 5.41) is 20.7. The number of hydrogen-bond donors (Lipinski definition) is 2. The first kappa shape index (κ1) is 12.2. The van der Waals surface area contributed by atoms with Gasteiger partial charge in [0.25, 0.3) is 0 Å². The van der Waals surface area contributed by atoms with Gasteiger partial charge in [0.15, 0.2) is 23.2 Å². The summed E-state index contributed by atoms with van der Waals surface area (Å²) >= 11 is 0. The molecule has 0 aromatic carbocycles. The highest BCUT2D eigenvalue weighted by molar-refractivity contribution is 5.81. The predicted octanol–water partition coefficient (Wildman–Crippen LogP) is -0.374. The van der Waals surface area contributed by atoms with Gasteiger partial charge in [-0.1, -0.05) is 0 Å². The number of nitrogens with two attached hydrogens (primary N) is 1. The first-order chi connectivity index (χ1) is 9.10. The Morgan fingerprint density at radius 2 is 2.37 bits per heavy atom. The Hall–Kier alpha value is -1.84. The summed E-state index contributed by atoms with van der Waals surface area (Å²) in [6.07, 6.45) is -1.72. The number of imidazole rings is 1. The Morgan fingerprint density at radius 3 is 3.05 bits per heavy atom. The average molecular weight is 268 g/mol. The number of hydrogen-bond acceptors (Lipinski definition) is 6. The van der Waals surface area contributed by atoms with E-state index in [0.29, 0.717) is 0 Å². The highest BCUT2D eigenvalue weighted by Gasteiger charge is 2.36. The van der Waals surface area contributed by atoms with Gasteiger partial charge in [-0.3, -0.25) is 4.57 Å². The van der Waals surface area contributed by atoms with Gasteiger partial charge in [-0.2, -0.15) is 14.4 Å². The number of aromatic nitrogens is 4. The van der Waals surface area contributed by atoms with E-state index in [1.165, 1.54) is 10.9 Å². The normalized spacial score (nSPS) is 27.2. The van der Waals surface area contributed by atoms with Crippen molar-refractivity contribution in [3.05, 3.63) is 12.4 Å². The van der Waals surface area contributed by atoms with Gasteiger partial charge in [0, 0.05) is 6.42 Å². The number of anilines is 1. The molecule has 101 valence electrons. The van der Waals surface area contributed by atoms with Crippen molar-refractivity contribution in [3.8, 4) is 0 Å². The summed E-state index contributed by atoms with van der Waals surface area (Å²) in [7, 11) is 0. The molecule has 3 N–H and O–H groups in total. The fourth-order valence-corrected chi connectivity index (χ4v) is 2.18. The van der Waals surface area contributed by atoms with Crippen molar-refractivity contribution >= 4 is 17.0 Å². The second kappa shape index (κ2) is 4.37. The van der Waals surface area contributed by atoms with Crippen molar-refractivity contribution in [2.45, 2.75) is 24.9 Å². The Bertz CT molecular complexity index is 618. The molecule has 9 heteroatoms. The molecule has 3 rings (SSSR count). The molecule has 1 aliphatic rings. The van der Waals surface area contributed by atoms with Crippen LogP contribution in [0.1, 0.15) is 12.6 Å². The number of aliphatic hydroxyl groups is 1. The molecule has 0 aliphatic carbocycles. The molecule has 1 aliphatic heterocycles. The molecule has 0 bridgehead atoms. The van der Waals surface area contributed by atoms with Crippen molar-refractivity contribution in [1.82, 2.24) is 19.5 Å². The van der Waals surface area contributed by atoms with Crippen LogP contribution in [0, 0.1) is 6.08 Å². The van der Waals surface area contributed by atoms with Gasteiger partial charge in [-0.15, -0.1) is 0 Å². The number of fused-ring (bicyclic) bond motifs is 1. The Balaban J connectivity index is 2.06. The number of nitrogens with zero attached hydrogens (tertiary/aromatic N) is 4. The van der Waals surface area contributed by atoms with Gasteiger partial charge in [-0.05, 0) is 0 Å². The molecule has 1 fully saturated rings. The van der Waals surface area contributed by atoms with Crippen LogP contribution in [0.25, 0.3) is 11.2 Å². The Kier molecular flexibility index (Phi) is 2.81. The highest BCUT2D eigenvalue weighted by atomic mass is 19.1. The molecule has 8 nitrogen and oxygen atoms in total. The van der Waals surface area contributed by atoms with E-state index in [2.05, 4.69) is 15.0 Å². The lowest BCUT2D eigenvalue weighted by Gasteiger charge is -2.16. The minimum Gasteiger partial charge on any atom is -0.388 e. The van der Waals surface area contributed by atoms with Crippen LogP contribution in [0.2, 0.25) is 0 Å². The number of halogens is 1. The maximum Gasteiger partial charge on any atom is 0.312 e. The summed E-state index contributed by atoms with van der Waals surface area (Å²) < 4.78 is 19.9. The van der Waals surface area contributed by atoms with E-state index < -0.39 is 31.1 Å². The van der Waals surface area contributed by atoms with E-state index in [1.807, 2.05) is 0 Å². The predicted molar refractivity (Wildman–Crippen MR) is 59.8 cm³/mol. The Labute approximate surface area is 106 Å². The van der Waals surface area contributed by atoms with Crippen LogP contribution >= 0.6 is 0 Å². The smallest absolute Gasteiger partial charge is 0.312 e. The molecule has 0 saturated carbocycles. The van der Waals surface area contributed by atoms with Gasteiger partial charge < -0.3 is 15.6 Å². The minimum atomic E-state index is -0.986. The largest absolute Gasteiger partial charge is 0.388 e. The van der Waals surface area contributed by atoms with E-state index in [1.54, 1.807) is 0 Å². The zero-order chi connectivity index (χ0) is 13.6. The third-order valence-corrected chi connectivity index (χ3v) is 3.05. The van der Waals surface area contributed by atoms with Crippen LogP contribution in [-0.2, 0) is 9.84 Å². The molecule has 3 heterocycles. The van der Waals surface area contributed by atoms with E-state index in [-0.39, 0.29) is 23.4 Å². The number of nitrogen functional groups attached to an aromatic ring is 1. The monoisotopic (exact) mass is 268 g/mol. The van der Waals surface area contributed by atoms with Crippen molar-refractivity contribution in [3.63, 3.8) is 0 Å². The van der Waals surface area contributed by atoms with Crippen LogP contribution in [0.4, 0.5) is 10.2 Å². The number of rotatable bonds is 2. The third-order valence-electron chi connectivity index (χ3n) is 3.05. The molecule has 19 heavy (non-hydrogen) atoms. The van der Waals surface area contributed by atoms with Gasteiger partial charge in [0.05, 0.1) is 12.4 Å². The lowest BCUT2D eigenvalue weighted by molar-refractivity contribution is -0.0575. The second-order valence-electron chi connectivity index (χ2n) is 4.32. The Morgan fingerprint density at radius 1 is 1.58 bits per heavy atom. The second-order valence-corrected chi connectivity index (χ2v) is 4.32. The molecule has 1 saturated heterocycles. The molecule has 0 amide bonds. The van der Waals surface area contributed by atoms with Crippen molar-refractivity contribution in [2.75, 3.05) is 12.3 Å². The summed E-state index contributed by atoms with van der Waals surface area (Å²) in [5.41, 5.74) is 5.89. The lowest BCUT2D eigenvalue weighted by Crippen LogP contribution is -2.19. The summed E-state index contributed by atoms with van der Waals surface area (Å²) in [4.78, 5) is 10.9. The number of aliphatic hydroxyl groups excluding tert-OH is 1. The van der Waals surface area contributed by atoms with Gasteiger partial charge in [-0.25, -0.2) is 10.1 Å². The van der Waals surface area contributed by atoms with Crippen LogP contribution in [0.15, 0.2) is 6.33 Å². The van der Waals surface area contributed by atoms with Crippen molar-refractivity contribution in [1.29, 1.82) is 0 Å². The van der Waals surface area contributed by atoms with E-state index in [9.17, 15) is 14.6 Å². The van der Waals surface area contributed by atoms with Gasteiger partial charge >= 0.3 is 6.08 Å². The fraction of sp³-hybridized carbons (Fsp3) is 0.500. The molecule has 3 unspecified atom stereocenters. The minimum absolute atomic E-state index is 0.0888. The summed E-state index contributed by atoms with van der Waals surface area (Å²) in [5.74, 6) is -0.0888. The first-order valence-electron chi connectivity index (χ1n) is 5.67. The molecule has 1 radical (unpaired) electrons. The van der Waals surface area contributed by atoms with Crippen LogP contribution in [0.3, 0.4) is 0 Å². The first-order valence-corrected chi connectivity index (χ1v) is 5.67. The molecule has 3 atom stereocenters. The molecule has 2 aromatic rings. The van der Waals surface area contributed by atoms with E-state index in [4.69, 9.17) is 10.5 Å². The summed E-state index contributed by atoms with van der Waals surface area (Å²) in [6.45, 7) is -0.453. The third kappa shape index (κ3) is 1.91. The van der Waals surface area contributed by atoms with Gasteiger partial charge in [0.1, 0.15) is 12.7 Å². The fourth-order valence-electron chi connectivity index (χ4n) is 2.18. The van der Waals surface area contributed by atoms with E-state index in [0.717, 1.165) is 0 Å². The summed E-state index contributed by atoms with van der Waals surface area (Å²) in [6, 6.07) is 0. The van der Waals surface area contributed by atoms with Crippen molar-refractivity contribution in [2.24, 2.45) is 0 Å². The lowest BCUT2D eigenvalue weighted by atomic mass is 10.2. The van der Waals surface area contributed by atoms with Crippen LogP contribution in [-0.4, -0.2) is 43.4 Å². The standard InChI is InChI=1S/C10H11FN5O3/c11-10-14-7(12)6-8(15-10)16(3-13-6)9-5(18)1-4(2-17)19-9/h3-5,9,18H,1-2H2,(H2,12,14,15). The average Bonchev–Trinajstić information content (AvgIpc) is 2.92.